The molecule has 168 valence electrons. The van der Waals surface area contributed by atoms with Gasteiger partial charge < -0.3 is 4.57 Å². The van der Waals surface area contributed by atoms with Gasteiger partial charge in [0.15, 0.2) is 0 Å². The summed E-state index contributed by atoms with van der Waals surface area (Å²) in [5.41, 5.74) is 0. The van der Waals surface area contributed by atoms with E-state index in [4.69, 9.17) is 0 Å². The maximum absolute atomic E-state index is 14.6. The number of hydrogen-bond donors (Lipinski definition) is 1. The molecular weight excluding hydrogens is 444 g/mol. The monoisotopic (exact) mass is 473 g/mol. The average Bonchev–Trinajstić information content (AvgIpc) is 2.90. The lowest BCUT2D eigenvalue weighted by Crippen LogP contribution is -2.38. The summed E-state index contributed by atoms with van der Waals surface area (Å²) in [6, 6.07) is 38.2. The lowest BCUT2D eigenvalue weighted by molar-refractivity contribution is 0.553. The van der Waals surface area contributed by atoms with Crippen LogP contribution >= 0.6 is 14.4 Å². The van der Waals surface area contributed by atoms with E-state index in [2.05, 4.69) is 12.0 Å². The van der Waals surface area contributed by atoms with E-state index in [-0.39, 0.29) is 6.04 Å². The normalized spacial score (nSPS) is 12.9. The molecule has 0 amide bonds. The molecule has 33 heavy (non-hydrogen) atoms. The van der Waals surface area contributed by atoms with Crippen LogP contribution in [-0.2, 0) is 9.13 Å². The summed E-state index contributed by atoms with van der Waals surface area (Å²) in [4.78, 5) is 0. The predicted molar refractivity (Wildman–Crippen MR) is 142 cm³/mol. The first-order valence-electron chi connectivity index (χ1n) is 11.3. The van der Waals surface area contributed by atoms with Crippen LogP contribution in [0.15, 0.2) is 121 Å². The van der Waals surface area contributed by atoms with Crippen LogP contribution < -0.4 is 26.3 Å². The SMILES string of the molecule is CCC(CP(=O)(c1ccccc1)c1ccccc1)NP(=O)(c1ccccc1)c1ccccc1. The molecule has 0 aliphatic heterocycles. The van der Waals surface area contributed by atoms with Crippen molar-refractivity contribution >= 4 is 35.7 Å². The van der Waals surface area contributed by atoms with Gasteiger partial charge in [-0.15, -0.1) is 0 Å². The molecule has 0 radical (unpaired) electrons. The summed E-state index contributed by atoms with van der Waals surface area (Å²) >= 11 is 0. The van der Waals surface area contributed by atoms with E-state index in [1.165, 1.54) is 0 Å². The van der Waals surface area contributed by atoms with Gasteiger partial charge in [0.1, 0.15) is 7.14 Å². The fraction of sp³-hybridized carbons (Fsp3) is 0.143. The van der Waals surface area contributed by atoms with Crippen molar-refractivity contribution in [3.63, 3.8) is 0 Å². The van der Waals surface area contributed by atoms with Crippen molar-refractivity contribution < 1.29 is 9.13 Å². The van der Waals surface area contributed by atoms with E-state index < -0.39 is 14.4 Å². The van der Waals surface area contributed by atoms with Crippen LogP contribution in [0.3, 0.4) is 0 Å². The summed E-state index contributed by atoms with van der Waals surface area (Å²) in [5, 5.41) is 6.65. The largest absolute Gasteiger partial charge is 0.314 e. The third-order valence-corrected chi connectivity index (χ3v) is 11.9. The predicted octanol–water partition coefficient (Wildman–Crippen LogP) is 5.30. The standard InChI is InChI=1S/C28H29NO2P2/c1-2-24(23-32(30,25-15-7-3-8-16-25)26-17-9-4-10-18-26)29-33(31,27-19-11-5-12-20-27)28-21-13-6-14-22-28/h3-22,24H,2,23H2,1H3,(H,29,31). The zero-order valence-electron chi connectivity index (χ0n) is 18.7. The number of rotatable bonds is 9. The molecule has 0 fully saturated rings. The van der Waals surface area contributed by atoms with Gasteiger partial charge in [-0.05, 0) is 30.7 Å². The van der Waals surface area contributed by atoms with Crippen LogP contribution in [0.1, 0.15) is 13.3 Å². The molecule has 1 atom stereocenters. The molecule has 4 rings (SSSR count). The fourth-order valence-corrected chi connectivity index (χ4v) is 9.81. The lowest BCUT2D eigenvalue weighted by atomic mass is 10.3. The summed E-state index contributed by atoms with van der Waals surface area (Å²) in [7, 11) is -6.09. The third-order valence-electron chi connectivity index (χ3n) is 5.92. The Morgan fingerprint density at radius 1 is 0.576 bits per heavy atom. The summed E-state index contributed by atoms with van der Waals surface area (Å²) in [6.45, 7) is 2.05. The summed E-state index contributed by atoms with van der Waals surface area (Å²) < 4.78 is 29.2. The van der Waals surface area contributed by atoms with Crippen molar-refractivity contribution in [3.8, 4) is 0 Å². The zero-order valence-corrected chi connectivity index (χ0v) is 20.5. The second kappa shape index (κ2) is 10.5. The minimum absolute atomic E-state index is 0.206. The molecule has 1 unspecified atom stereocenters. The van der Waals surface area contributed by atoms with Gasteiger partial charge >= 0.3 is 0 Å². The lowest BCUT2D eigenvalue weighted by Gasteiger charge is -2.29. The summed E-state index contributed by atoms with van der Waals surface area (Å²) in [6.07, 6.45) is 1.09. The zero-order chi connectivity index (χ0) is 23.2. The Bertz CT molecular complexity index is 1060. The Balaban J connectivity index is 1.75. The molecule has 0 saturated heterocycles. The molecule has 0 aromatic heterocycles. The highest BCUT2D eigenvalue weighted by atomic mass is 31.2. The van der Waals surface area contributed by atoms with Crippen LogP contribution in [0.2, 0.25) is 0 Å². The van der Waals surface area contributed by atoms with Crippen LogP contribution in [0.25, 0.3) is 0 Å². The highest BCUT2D eigenvalue weighted by Gasteiger charge is 2.35. The Kier molecular flexibility index (Phi) is 7.46. The Labute approximate surface area is 196 Å². The van der Waals surface area contributed by atoms with Crippen LogP contribution in [-0.4, -0.2) is 12.2 Å². The first-order valence-corrected chi connectivity index (χ1v) is 14.9. The molecular formula is C28H29NO2P2. The fourth-order valence-electron chi connectivity index (χ4n) is 4.10. The van der Waals surface area contributed by atoms with Crippen molar-refractivity contribution in [1.29, 1.82) is 0 Å². The maximum Gasteiger partial charge on any atom is 0.204 e. The second-order valence-corrected chi connectivity index (χ2v) is 13.5. The van der Waals surface area contributed by atoms with Crippen molar-refractivity contribution in [2.45, 2.75) is 19.4 Å². The Morgan fingerprint density at radius 2 is 0.909 bits per heavy atom. The average molecular weight is 473 g/mol. The van der Waals surface area contributed by atoms with Gasteiger partial charge in [0.05, 0.1) is 0 Å². The van der Waals surface area contributed by atoms with Gasteiger partial charge in [-0.2, -0.15) is 0 Å². The van der Waals surface area contributed by atoms with Crippen molar-refractivity contribution in [1.82, 2.24) is 5.09 Å². The molecule has 5 heteroatoms. The number of benzene rings is 4. The third kappa shape index (κ3) is 5.12. The number of nitrogens with one attached hydrogen (secondary N) is 1. The maximum atomic E-state index is 14.6. The molecule has 0 saturated carbocycles. The second-order valence-electron chi connectivity index (χ2n) is 8.11. The van der Waals surface area contributed by atoms with Crippen molar-refractivity contribution in [2.75, 3.05) is 6.16 Å². The molecule has 0 aliphatic carbocycles. The van der Waals surface area contributed by atoms with Gasteiger partial charge in [0.2, 0.25) is 7.29 Å². The highest BCUT2D eigenvalue weighted by molar-refractivity contribution is 7.79. The van der Waals surface area contributed by atoms with Crippen LogP contribution in [0, 0.1) is 0 Å². The van der Waals surface area contributed by atoms with E-state index >= 15 is 0 Å². The molecule has 0 spiro atoms. The molecule has 4 aromatic rings. The van der Waals surface area contributed by atoms with E-state index in [9.17, 15) is 9.13 Å². The van der Waals surface area contributed by atoms with Crippen molar-refractivity contribution in [3.05, 3.63) is 121 Å². The summed E-state index contributed by atoms with van der Waals surface area (Å²) in [5.74, 6) is 0. The van der Waals surface area contributed by atoms with E-state index in [0.29, 0.717) is 12.6 Å². The molecule has 4 aromatic carbocycles. The first-order chi connectivity index (χ1) is 16.1. The molecule has 0 aliphatic rings. The number of hydrogen-bond acceptors (Lipinski definition) is 2. The van der Waals surface area contributed by atoms with Gasteiger partial charge in [0.25, 0.3) is 0 Å². The van der Waals surface area contributed by atoms with Gasteiger partial charge in [0, 0.05) is 33.4 Å². The minimum Gasteiger partial charge on any atom is -0.314 e. The topological polar surface area (TPSA) is 46.2 Å². The quantitative estimate of drug-likeness (QED) is 0.336. The van der Waals surface area contributed by atoms with Crippen LogP contribution in [0.5, 0.6) is 0 Å². The molecule has 0 bridgehead atoms. The van der Waals surface area contributed by atoms with E-state index in [0.717, 1.165) is 21.2 Å². The first kappa shape index (κ1) is 23.5. The van der Waals surface area contributed by atoms with Gasteiger partial charge in [-0.3, -0.25) is 9.65 Å². The Morgan fingerprint density at radius 3 is 1.24 bits per heavy atom. The highest BCUT2D eigenvalue weighted by Crippen LogP contribution is 2.47. The molecule has 1 N–H and O–H groups in total. The van der Waals surface area contributed by atoms with E-state index in [1.807, 2.05) is 121 Å². The molecule has 3 nitrogen and oxygen atoms in total. The van der Waals surface area contributed by atoms with Crippen molar-refractivity contribution in [2.24, 2.45) is 0 Å². The smallest absolute Gasteiger partial charge is 0.204 e. The minimum atomic E-state index is -3.14. The Hall–Kier alpha value is -2.70. The van der Waals surface area contributed by atoms with E-state index in [1.54, 1.807) is 0 Å². The van der Waals surface area contributed by atoms with Crippen LogP contribution in [0.4, 0.5) is 0 Å². The van der Waals surface area contributed by atoms with Gasteiger partial charge in [-0.1, -0.05) is 104 Å². The van der Waals surface area contributed by atoms with Gasteiger partial charge in [-0.25, -0.2) is 0 Å². The molecule has 0 heterocycles.